The molecule has 3 aromatic carbocycles. The number of carbonyl (C=O) groups is 1. The van der Waals surface area contributed by atoms with Gasteiger partial charge in [-0.2, -0.15) is 0 Å². The van der Waals surface area contributed by atoms with Gasteiger partial charge in [0.05, 0.1) is 11.1 Å². The number of allylic oxidation sites excluding steroid dienone is 1. The lowest BCUT2D eigenvalue weighted by molar-refractivity contribution is 0.0872. The summed E-state index contributed by atoms with van der Waals surface area (Å²) in [6.07, 6.45) is 1.66. The molecular formula is C24H17ClFNO3. The summed E-state index contributed by atoms with van der Waals surface area (Å²) in [5.74, 6) is 1.03. The van der Waals surface area contributed by atoms with Gasteiger partial charge in [-0.15, -0.1) is 0 Å². The standard InChI is InChI=1S/C24H17ClFNO3/c25-20-4-2-1-3-16(20)11-22-23(28)18-9-10-21-19(24(18)30-22)13-27(14-29-21)12-15-5-7-17(26)8-6-15/h1-11H,12-14H2/b22-11-. The summed E-state index contributed by atoms with van der Waals surface area (Å²) in [5, 5.41) is 0.549. The van der Waals surface area contributed by atoms with E-state index in [4.69, 9.17) is 21.1 Å². The number of nitrogens with zero attached hydrogens (tertiary/aromatic N) is 1. The summed E-state index contributed by atoms with van der Waals surface area (Å²) in [6.45, 7) is 1.56. The van der Waals surface area contributed by atoms with Gasteiger partial charge in [0.25, 0.3) is 0 Å². The molecule has 0 saturated heterocycles. The third-order valence-corrected chi connectivity index (χ3v) is 5.54. The van der Waals surface area contributed by atoms with Crippen LogP contribution in [0.1, 0.15) is 27.0 Å². The Morgan fingerprint density at radius 1 is 1.07 bits per heavy atom. The molecule has 0 bridgehead atoms. The van der Waals surface area contributed by atoms with Crippen LogP contribution in [0.25, 0.3) is 6.08 Å². The molecule has 0 saturated carbocycles. The van der Waals surface area contributed by atoms with Crippen LogP contribution < -0.4 is 9.47 Å². The number of ether oxygens (including phenoxy) is 2. The van der Waals surface area contributed by atoms with Crippen LogP contribution in [0.15, 0.2) is 66.4 Å². The molecule has 30 heavy (non-hydrogen) atoms. The number of hydrogen-bond donors (Lipinski definition) is 0. The number of Topliss-reactive ketones (excluding diaryl/α,β-unsaturated/α-hetero) is 1. The van der Waals surface area contributed by atoms with Gasteiger partial charge in [0.15, 0.2) is 5.76 Å². The Bertz CT molecular complexity index is 1170. The first-order valence-electron chi connectivity index (χ1n) is 9.53. The minimum atomic E-state index is -0.262. The Morgan fingerprint density at radius 2 is 1.87 bits per heavy atom. The van der Waals surface area contributed by atoms with E-state index in [1.54, 1.807) is 30.3 Å². The van der Waals surface area contributed by atoms with Crippen LogP contribution in [0.5, 0.6) is 11.5 Å². The van der Waals surface area contributed by atoms with Crippen LogP contribution in [-0.4, -0.2) is 17.4 Å². The van der Waals surface area contributed by atoms with Crippen molar-refractivity contribution in [3.8, 4) is 11.5 Å². The number of carbonyl (C=O) groups excluding carboxylic acids is 1. The first kappa shape index (κ1) is 18.9. The van der Waals surface area contributed by atoms with Gasteiger partial charge in [-0.3, -0.25) is 9.69 Å². The first-order chi connectivity index (χ1) is 14.6. The highest BCUT2D eigenvalue weighted by molar-refractivity contribution is 6.32. The number of fused-ring (bicyclic) bond motifs is 3. The highest BCUT2D eigenvalue weighted by atomic mass is 35.5. The van der Waals surface area contributed by atoms with Crippen molar-refractivity contribution >= 4 is 23.5 Å². The van der Waals surface area contributed by atoms with Gasteiger partial charge in [-0.25, -0.2) is 4.39 Å². The molecule has 3 aromatic rings. The van der Waals surface area contributed by atoms with Crippen LogP contribution >= 0.6 is 11.6 Å². The van der Waals surface area contributed by atoms with E-state index in [0.717, 1.165) is 16.7 Å². The fourth-order valence-electron chi connectivity index (χ4n) is 3.69. The minimum absolute atomic E-state index is 0.177. The van der Waals surface area contributed by atoms with Crippen LogP contribution in [0.4, 0.5) is 4.39 Å². The molecule has 2 aliphatic rings. The molecule has 5 rings (SSSR count). The molecule has 0 N–H and O–H groups in total. The van der Waals surface area contributed by atoms with Gasteiger partial charge in [0.1, 0.15) is 24.0 Å². The molecule has 0 unspecified atom stereocenters. The van der Waals surface area contributed by atoms with Gasteiger partial charge in [0.2, 0.25) is 5.78 Å². The highest BCUT2D eigenvalue weighted by Crippen LogP contribution is 2.42. The molecule has 4 nitrogen and oxygen atoms in total. The Kier molecular flexibility index (Phi) is 4.77. The Labute approximate surface area is 178 Å². The molecule has 0 aliphatic carbocycles. The van der Waals surface area contributed by atoms with Crippen LogP contribution in [0, 0.1) is 5.82 Å². The third kappa shape index (κ3) is 3.47. The topological polar surface area (TPSA) is 38.8 Å². The maximum absolute atomic E-state index is 13.2. The number of ketones is 1. The third-order valence-electron chi connectivity index (χ3n) is 5.19. The van der Waals surface area contributed by atoms with Crippen molar-refractivity contribution in [2.45, 2.75) is 13.1 Å². The molecule has 0 atom stereocenters. The van der Waals surface area contributed by atoms with Crippen molar-refractivity contribution in [3.05, 3.63) is 99.5 Å². The van der Waals surface area contributed by atoms with E-state index < -0.39 is 0 Å². The number of hydrogen-bond acceptors (Lipinski definition) is 4. The molecule has 150 valence electrons. The van der Waals surface area contributed by atoms with E-state index in [-0.39, 0.29) is 17.4 Å². The summed E-state index contributed by atoms with van der Waals surface area (Å²) < 4.78 is 25.0. The molecular weight excluding hydrogens is 405 g/mol. The number of benzene rings is 3. The maximum Gasteiger partial charge on any atom is 0.231 e. The molecule has 0 amide bonds. The van der Waals surface area contributed by atoms with Gasteiger partial charge in [0, 0.05) is 18.1 Å². The van der Waals surface area contributed by atoms with Crippen molar-refractivity contribution in [3.63, 3.8) is 0 Å². The van der Waals surface area contributed by atoms with E-state index in [0.29, 0.717) is 41.9 Å². The second kappa shape index (κ2) is 7.59. The van der Waals surface area contributed by atoms with E-state index >= 15 is 0 Å². The quantitative estimate of drug-likeness (QED) is 0.527. The zero-order valence-electron chi connectivity index (χ0n) is 15.9. The average molecular weight is 422 g/mol. The summed E-state index contributed by atoms with van der Waals surface area (Å²) in [6, 6.07) is 17.2. The van der Waals surface area contributed by atoms with Crippen molar-refractivity contribution in [1.82, 2.24) is 4.90 Å². The van der Waals surface area contributed by atoms with Gasteiger partial charge in [-0.1, -0.05) is 41.9 Å². The second-order valence-corrected chi connectivity index (χ2v) is 7.67. The van der Waals surface area contributed by atoms with Crippen LogP contribution in [0.3, 0.4) is 0 Å². The molecule has 0 radical (unpaired) electrons. The Morgan fingerprint density at radius 3 is 2.67 bits per heavy atom. The summed E-state index contributed by atoms with van der Waals surface area (Å²) in [7, 11) is 0. The number of halogens is 2. The smallest absolute Gasteiger partial charge is 0.231 e. The van der Waals surface area contributed by atoms with Crippen molar-refractivity contribution < 1.29 is 18.7 Å². The average Bonchev–Trinajstić information content (AvgIpc) is 3.07. The Hall–Kier alpha value is -3.15. The predicted octanol–water partition coefficient (Wildman–Crippen LogP) is 5.45. The lowest BCUT2D eigenvalue weighted by Gasteiger charge is -2.29. The van der Waals surface area contributed by atoms with E-state index in [1.165, 1.54) is 12.1 Å². The maximum atomic E-state index is 13.2. The lowest BCUT2D eigenvalue weighted by Crippen LogP contribution is -2.31. The molecule has 2 aliphatic heterocycles. The van der Waals surface area contributed by atoms with E-state index in [2.05, 4.69) is 4.90 Å². The highest BCUT2D eigenvalue weighted by Gasteiger charge is 2.33. The molecule has 0 spiro atoms. The van der Waals surface area contributed by atoms with Gasteiger partial charge < -0.3 is 9.47 Å². The van der Waals surface area contributed by atoms with Crippen molar-refractivity contribution in [1.29, 1.82) is 0 Å². The van der Waals surface area contributed by atoms with Gasteiger partial charge in [-0.05, 0) is 47.5 Å². The lowest BCUT2D eigenvalue weighted by atomic mass is 10.0. The zero-order chi connectivity index (χ0) is 20.7. The van der Waals surface area contributed by atoms with Crippen LogP contribution in [-0.2, 0) is 13.1 Å². The van der Waals surface area contributed by atoms with Crippen molar-refractivity contribution in [2.75, 3.05) is 6.73 Å². The normalized spacial score (nSPS) is 16.7. The Balaban J connectivity index is 1.43. The second-order valence-electron chi connectivity index (χ2n) is 7.27. The molecule has 0 fully saturated rings. The predicted molar refractivity (Wildman–Crippen MR) is 112 cm³/mol. The monoisotopic (exact) mass is 421 g/mol. The largest absolute Gasteiger partial charge is 0.478 e. The van der Waals surface area contributed by atoms with Gasteiger partial charge >= 0.3 is 0 Å². The summed E-state index contributed by atoms with van der Waals surface area (Å²) >= 11 is 6.22. The zero-order valence-corrected chi connectivity index (χ0v) is 16.7. The fourth-order valence-corrected chi connectivity index (χ4v) is 3.88. The first-order valence-corrected chi connectivity index (χ1v) is 9.90. The molecule has 6 heteroatoms. The van der Waals surface area contributed by atoms with Crippen LogP contribution in [0.2, 0.25) is 5.02 Å². The number of rotatable bonds is 3. The minimum Gasteiger partial charge on any atom is -0.478 e. The molecule has 2 heterocycles. The van der Waals surface area contributed by atoms with E-state index in [1.807, 2.05) is 24.3 Å². The molecule has 0 aromatic heterocycles. The van der Waals surface area contributed by atoms with E-state index in [9.17, 15) is 9.18 Å². The SMILES string of the molecule is O=C1/C(=C/c2ccccc2Cl)Oc2c1ccc1c2CN(Cc2ccc(F)cc2)CO1. The fraction of sp³-hybridized carbons (Fsp3) is 0.125. The summed E-state index contributed by atoms with van der Waals surface area (Å²) in [4.78, 5) is 14.9. The summed E-state index contributed by atoms with van der Waals surface area (Å²) in [5.41, 5.74) is 3.04. The van der Waals surface area contributed by atoms with Crippen molar-refractivity contribution in [2.24, 2.45) is 0 Å².